The predicted molar refractivity (Wildman–Crippen MR) is 88.5 cm³/mol. The van der Waals surface area contributed by atoms with Crippen molar-refractivity contribution in [1.82, 2.24) is 14.3 Å². The second kappa shape index (κ2) is 6.74. The molecular formula is C15H19N5OS. The molecule has 2 aromatic rings. The number of hydrogen-bond acceptors (Lipinski definition) is 5. The lowest BCUT2D eigenvalue weighted by Gasteiger charge is -2.23. The molecule has 2 amide bonds. The summed E-state index contributed by atoms with van der Waals surface area (Å²) in [5.74, 6) is 0.686. The minimum atomic E-state index is -0.0916. The second-order valence-electron chi connectivity index (χ2n) is 5.24. The number of amides is 2. The Balaban J connectivity index is 1.59. The van der Waals surface area contributed by atoms with Crippen molar-refractivity contribution < 1.29 is 4.79 Å². The van der Waals surface area contributed by atoms with Crippen molar-refractivity contribution in [3.8, 4) is 0 Å². The van der Waals surface area contributed by atoms with Gasteiger partial charge in [-0.05, 0) is 25.5 Å². The first-order valence-electron chi connectivity index (χ1n) is 7.38. The Hall–Kier alpha value is -2.15. The van der Waals surface area contributed by atoms with Crippen molar-refractivity contribution in [2.45, 2.75) is 13.3 Å². The van der Waals surface area contributed by atoms with Crippen LogP contribution in [0.4, 0.5) is 15.6 Å². The van der Waals surface area contributed by atoms with Crippen molar-refractivity contribution in [3.05, 3.63) is 36.2 Å². The molecule has 0 aliphatic carbocycles. The molecule has 7 heteroatoms. The van der Waals surface area contributed by atoms with E-state index in [9.17, 15) is 4.79 Å². The predicted octanol–water partition coefficient (Wildman–Crippen LogP) is 2.59. The van der Waals surface area contributed by atoms with Gasteiger partial charge in [-0.2, -0.15) is 4.37 Å². The number of aromatic nitrogens is 2. The Morgan fingerprint density at radius 2 is 2.00 bits per heavy atom. The van der Waals surface area contributed by atoms with Gasteiger partial charge in [-0.25, -0.2) is 9.78 Å². The SMILES string of the molecule is Cc1nsc(NC(=O)N2CCCN(c3ccccc3)CC2)n1. The number of para-hydroxylation sites is 1. The number of benzene rings is 1. The van der Waals surface area contributed by atoms with Crippen molar-refractivity contribution in [2.24, 2.45) is 0 Å². The van der Waals surface area contributed by atoms with Crippen LogP contribution in [0.2, 0.25) is 0 Å². The number of aryl methyl sites for hydroxylation is 1. The molecular weight excluding hydrogens is 298 g/mol. The fourth-order valence-corrected chi connectivity index (χ4v) is 3.10. The van der Waals surface area contributed by atoms with E-state index >= 15 is 0 Å². The maximum atomic E-state index is 12.3. The van der Waals surface area contributed by atoms with Crippen molar-refractivity contribution in [2.75, 3.05) is 36.4 Å². The van der Waals surface area contributed by atoms with E-state index in [1.807, 2.05) is 30.0 Å². The highest BCUT2D eigenvalue weighted by Crippen LogP contribution is 2.17. The first-order valence-corrected chi connectivity index (χ1v) is 8.16. The molecule has 1 N–H and O–H groups in total. The number of rotatable bonds is 2. The lowest BCUT2D eigenvalue weighted by atomic mass is 10.3. The third-order valence-electron chi connectivity index (χ3n) is 3.65. The molecule has 1 saturated heterocycles. The van der Waals surface area contributed by atoms with Crippen molar-refractivity contribution >= 4 is 28.4 Å². The normalized spacial score (nSPS) is 15.5. The van der Waals surface area contributed by atoms with Gasteiger partial charge in [-0.15, -0.1) is 0 Å². The van der Waals surface area contributed by atoms with E-state index in [0.717, 1.165) is 26.1 Å². The average molecular weight is 317 g/mol. The monoisotopic (exact) mass is 317 g/mol. The maximum absolute atomic E-state index is 12.3. The van der Waals surface area contributed by atoms with Crippen LogP contribution in [0.3, 0.4) is 0 Å². The van der Waals surface area contributed by atoms with E-state index in [4.69, 9.17) is 0 Å². The van der Waals surface area contributed by atoms with Crippen LogP contribution < -0.4 is 10.2 Å². The summed E-state index contributed by atoms with van der Waals surface area (Å²) in [6, 6.07) is 10.2. The smallest absolute Gasteiger partial charge is 0.323 e. The summed E-state index contributed by atoms with van der Waals surface area (Å²) in [6.07, 6.45) is 0.956. The van der Waals surface area contributed by atoms with Gasteiger partial charge in [0.25, 0.3) is 0 Å². The highest BCUT2D eigenvalue weighted by Gasteiger charge is 2.20. The molecule has 1 aromatic carbocycles. The molecule has 116 valence electrons. The molecule has 0 atom stereocenters. The zero-order valence-corrected chi connectivity index (χ0v) is 13.3. The quantitative estimate of drug-likeness (QED) is 0.925. The van der Waals surface area contributed by atoms with Gasteiger partial charge in [0.1, 0.15) is 5.82 Å². The summed E-state index contributed by atoms with van der Waals surface area (Å²) in [7, 11) is 0. The lowest BCUT2D eigenvalue weighted by molar-refractivity contribution is 0.215. The molecule has 0 radical (unpaired) electrons. The number of carbonyl (C=O) groups excluding carboxylic acids is 1. The fourth-order valence-electron chi connectivity index (χ4n) is 2.54. The Labute approximate surface area is 133 Å². The summed E-state index contributed by atoms with van der Waals surface area (Å²) >= 11 is 1.21. The van der Waals surface area contributed by atoms with Gasteiger partial charge in [0.05, 0.1) is 0 Å². The van der Waals surface area contributed by atoms with E-state index in [0.29, 0.717) is 17.5 Å². The molecule has 0 saturated carbocycles. The number of anilines is 2. The molecule has 1 aliphatic heterocycles. The van der Waals surface area contributed by atoms with Crippen LogP contribution >= 0.6 is 11.5 Å². The highest BCUT2D eigenvalue weighted by atomic mass is 32.1. The van der Waals surface area contributed by atoms with E-state index in [-0.39, 0.29) is 6.03 Å². The number of urea groups is 1. The Morgan fingerprint density at radius 3 is 2.73 bits per heavy atom. The standard InChI is InChI=1S/C15H19N5OS/c1-12-16-14(22-18-12)17-15(21)20-9-5-8-19(10-11-20)13-6-3-2-4-7-13/h2-4,6-7H,5,8-11H2,1H3,(H,16,17,18,21). The van der Waals surface area contributed by atoms with Gasteiger partial charge < -0.3 is 9.80 Å². The van der Waals surface area contributed by atoms with Crippen LogP contribution in [-0.4, -0.2) is 46.5 Å². The molecule has 6 nitrogen and oxygen atoms in total. The average Bonchev–Trinajstić information content (AvgIpc) is 2.80. The van der Waals surface area contributed by atoms with E-state index in [2.05, 4.69) is 31.7 Å². The van der Waals surface area contributed by atoms with Crippen LogP contribution in [0, 0.1) is 6.92 Å². The minimum Gasteiger partial charge on any atom is -0.370 e. The van der Waals surface area contributed by atoms with Crippen molar-refractivity contribution in [3.63, 3.8) is 0 Å². The Bertz CT molecular complexity index is 630. The van der Waals surface area contributed by atoms with Gasteiger partial charge in [0.2, 0.25) is 5.13 Å². The fraction of sp³-hybridized carbons (Fsp3) is 0.400. The second-order valence-corrected chi connectivity index (χ2v) is 5.99. The van der Waals surface area contributed by atoms with Gasteiger partial charge in [-0.1, -0.05) is 18.2 Å². The van der Waals surface area contributed by atoms with Gasteiger partial charge in [0.15, 0.2) is 0 Å². The molecule has 22 heavy (non-hydrogen) atoms. The Kier molecular flexibility index (Phi) is 4.53. The molecule has 0 unspecified atom stereocenters. The largest absolute Gasteiger partial charge is 0.370 e. The van der Waals surface area contributed by atoms with E-state index in [1.165, 1.54) is 17.2 Å². The van der Waals surface area contributed by atoms with Crippen molar-refractivity contribution in [1.29, 1.82) is 0 Å². The molecule has 3 rings (SSSR count). The van der Waals surface area contributed by atoms with Crippen LogP contribution in [0.25, 0.3) is 0 Å². The highest BCUT2D eigenvalue weighted by molar-refractivity contribution is 7.09. The maximum Gasteiger partial charge on any atom is 0.323 e. The molecule has 0 spiro atoms. The zero-order valence-electron chi connectivity index (χ0n) is 12.5. The van der Waals surface area contributed by atoms with Crippen LogP contribution in [0.1, 0.15) is 12.2 Å². The third-order valence-corrected chi connectivity index (χ3v) is 4.37. The minimum absolute atomic E-state index is 0.0916. The zero-order chi connectivity index (χ0) is 15.4. The van der Waals surface area contributed by atoms with Gasteiger partial charge in [-0.3, -0.25) is 5.32 Å². The first-order chi connectivity index (χ1) is 10.7. The van der Waals surface area contributed by atoms with Crippen LogP contribution in [0.15, 0.2) is 30.3 Å². The molecule has 1 fully saturated rings. The van der Waals surface area contributed by atoms with Gasteiger partial charge >= 0.3 is 6.03 Å². The molecule has 1 aliphatic rings. The van der Waals surface area contributed by atoms with Gasteiger partial charge in [0, 0.05) is 43.4 Å². The van der Waals surface area contributed by atoms with Crippen LogP contribution in [0.5, 0.6) is 0 Å². The number of nitrogens with zero attached hydrogens (tertiary/aromatic N) is 4. The van der Waals surface area contributed by atoms with E-state index in [1.54, 1.807) is 0 Å². The lowest BCUT2D eigenvalue weighted by Crippen LogP contribution is -2.38. The third kappa shape index (κ3) is 3.54. The molecule has 0 bridgehead atoms. The molecule has 1 aromatic heterocycles. The number of hydrogen-bond donors (Lipinski definition) is 1. The van der Waals surface area contributed by atoms with E-state index < -0.39 is 0 Å². The summed E-state index contributed by atoms with van der Waals surface area (Å²) in [5.41, 5.74) is 1.21. The number of carbonyl (C=O) groups is 1. The summed E-state index contributed by atoms with van der Waals surface area (Å²) in [4.78, 5) is 20.6. The first kappa shape index (κ1) is 14.8. The Morgan fingerprint density at radius 1 is 1.18 bits per heavy atom. The summed E-state index contributed by atoms with van der Waals surface area (Å²) < 4.78 is 4.07. The molecule has 2 heterocycles. The summed E-state index contributed by atoms with van der Waals surface area (Å²) in [6.45, 7) is 5.08. The number of nitrogens with one attached hydrogen (secondary N) is 1. The van der Waals surface area contributed by atoms with Crippen LogP contribution in [-0.2, 0) is 0 Å². The summed E-state index contributed by atoms with van der Waals surface area (Å²) in [5, 5.41) is 3.39. The topological polar surface area (TPSA) is 61.4 Å².